The van der Waals surface area contributed by atoms with Gasteiger partial charge in [-0.2, -0.15) is 0 Å². The minimum atomic E-state index is -0.186. The van der Waals surface area contributed by atoms with Crippen LogP contribution in [0.25, 0.3) is 0 Å². The van der Waals surface area contributed by atoms with Gasteiger partial charge in [0.05, 0.1) is 7.11 Å². The molecule has 1 amide bonds. The van der Waals surface area contributed by atoms with E-state index in [4.69, 9.17) is 4.74 Å². The van der Waals surface area contributed by atoms with Crippen molar-refractivity contribution in [2.45, 2.75) is 32.4 Å². The highest BCUT2D eigenvalue weighted by Crippen LogP contribution is 2.27. The molecule has 2 aromatic carbocycles. The van der Waals surface area contributed by atoms with Gasteiger partial charge in [-0.15, -0.1) is 0 Å². The monoisotopic (exact) mass is 394 g/mol. The van der Waals surface area contributed by atoms with E-state index in [0.717, 1.165) is 43.9 Å². The molecule has 2 aliphatic rings. The number of piperazine rings is 1. The fourth-order valence-corrected chi connectivity index (χ4v) is 4.24. The summed E-state index contributed by atoms with van der Waals surface area (Å²) in [5.74, 6) is 1.03. The van der Waals surface area contributed by atoms with Gasteiger partial charge in [0.2, 0.25) is 5.91 Å². The van der Waals surface area contributed by atoms with Crippen molar-refractivity contribution in [2.75, 3.05) is 38.2 Å². The van der Waals surface area contributed by atoms with E-state index in [1.54, 1.807) is 7.11 Å². The Hall–Kier alpha value is -2.57. The lowest BCUT2D eigenvalue weighted by Crippen LogP contribution is -2.53. The highest BCUT2D eigenvalue weighted by molar-refractivity contribution is 5.82. The summed E-state index contributed by atoms with van der Waals surface area (Å²) < 4.78 is 5.22. The van der Waals surface area contributed by atoms with Crippen LogP contribution in [0.15, 0.2) is 42.5 Å². The van der Waals surface area contributed by atoms with Crippen LogP contribution in [0.4, 0.5) is 5.69 Å². The molecule has 0 radical (unpaired) electrons. The number of rotatable bonds is 4. The zero-order valence-corrected chi connectivity index (χ0v) is 17.4. The molecule has 2 saturated heterocycles. The minimum absolute atomic E-state index is 0.131. The minimum Gasteiger partial charge on any atom is -0.497 e. The second-order valence-corrected chi connectivity index (χ2v) is 7.93. The summed E-state index contributed by atoms with van der Waals surface area (Å²) in [6.07, 6.45) is 0.752. The van der Waals surface area contributed by atoms with Gasteiger partial charge in [-0.05, 0) is 55.2 Å². The number of carbonyl (C=O) groups is 1. The standard InChI is InChI=1S/C23H30N4O2/c1-16-5-4-6-22(17(16)2)26-11-13-27(14-12-26)23(28)21-15-20(24-25-21)18-7-9-19(29-3)10-8-18/h4-10,20-21,24-25H,11-15H2,1-3H3. The summed E-state index contributed by atoms with van der Waals surface area (Å²) in [6, 6.07) is 14.4. The summed E-state index contributed by atoms with van der Waals surface area (Å²) in [5, 5.41) is 0. The Kier molecular flexibility index (Phi) is 5.74. The topological polar surface area (TPSA) is 56.8 Å². The van der Waals surface area contributed by atoms with E-state index in [1.807, 2.05) is 29.2 Å². The van der Waals surface area contributed by atoms with Crippen LogP contribution in [0.3, 0.4) is 0 Å². The SMILES string of the molecule is COc1ccc(C2CC(C(=O)N3CCN(c4cccc(C)c4C)CC3)NN2)cc1. The lowest BCUT2D eigenvalue weighted by Gasteiger charge is -2.38. The Balaban J connectivity index is 1.33. The van der Waals surface area contributed by atoms with E-state index in [0.29, 0.717) is 0 Å². The number of anilines is 1. The lowest BCUT2D eigenvalue weighted by atomic mass is 10.0. The maximum atomic E-state index is 13.0. The summed E-state index contributed by atoms with van der Waals surface area (Å²) in [4.78, 5) is 17.4. The van der Waals surface area contributed by atoms with Gasteiger partial charge < -0.3 is 14.5 Å². The summed E-state index contributed by atoms with van der Waals surface area (Å²) in [7, 11) is 1.67. The first-order chi connectivity index (χ1) is 14.1. The summed E-state index contributed by atoms with van der Waals surface area (Å²) in [6.45, 7) is 7.59. The molecule has 0 bridgehead atoms. The molecule has 4 rings (SSSR count). The molecule has 0 aliphatic carbocycles. The highest BCUT2D eigenvalue weighted by atomic mass is 16.5. The average molecular weight is 395 g/mol. The third-order valence-corrected chi connectivity index (χ3v) is 6.23. The fourth-order valence-electron chi connectivity index (χ4n) is 4.24. The van der Waals surface area contributed by atoms with Gasteiger partial charge in [0, 0.05) is 37.9 Å². The number of hydrazine groups is 1. The number of nitrogens with zero attached hydrogens (tertiary/aromatic N) is 2. The number of hydrogen-bond donors (Lipinski definition) is 2. The smallest absolute Gasteiger partial charge is 0.241 e. The van der Waals surface area contributed by atoms with Gasteiger partial charge in [-0.25, -0.2) is 10.9 Å². The average Bonchev–Trinajstić information content (AvgIpc) is 3.26. The molecule has 154 valence electrons. The molecule has 0 aromatic heterocycles. The van der Waals surface area contributed by atoms with Crippen molar-refractivity contribution in [1.29, 1.82) is 0 Å². The Bertz CT molecular complexity index is 860. The predicted octanol–water partition coefficient (Wildman–Crippen LogP) is 2.57. The molecule has 2 N–H and O–H groups in total. The number of ether oxygens (including phenoxy) is 1. The molecule has 2 aromatic rings. The van der Waals surface area contributed by atoms with E-state index in [9.17, 15) is 4.79 Å². The predicted molar refractivity (Wildman–Crippen MR) is 115 cm³/mol. The highest BCUT2D eigenvalue weighted by Gasteiger charge is 2.34. The molecule has 0 saturated carbocycles. The lowest BCUT2D eigenvalue weighted by molar-refractivity contribution is -0.133. The molecular weight excluding hydrogens is 364 g/mol. The molecule has 2 fully saturated rings. The number of carbonyl (C=O) groups excluding carboxylic acids is 1. The van der Waals surface area contributed by atoms with E-state index >= 15 is 0 Å². The van der Waals surface area contributed by atoms with Crippen LogP contribution in [0.5, 0.6) is 5.75 Å². The van der Waals surface area contributed by atoms with Crippen molar-refractivity contribution in [3.8, 4) is 5.75 Å². The van der Waals surface area contributed by atoms with Crippen LogP contribution in [0, 0.1) is 13.8 Å². The number of aryl methyl sites for hydroxylation is 1. The van der Waals surface area contributed by atoms with E-state index in [-0.39, 0.29) is 18.0 Å². The Morgan fingerprint density at radius 2 is 1.72 bits per heavy atom. The molecule has 2 unspecified atom stereocenters. The maximum absolute atomic E-state index is 13.0. The zero-order valence-electron chi connectivity index (χ0n) is 17.4. The van der Waals surface area contributed by atoms with Crippen molar-refractivity contribution in [1.82, 2.24) is 15.8 Å². The molecule has 6 nitrogen and oxygen atoms in total. The van der Waals surface area contributed by atoms with Crippen LogP contribution in [-0.2, 0) is 4.79 Å². The van der Waals surface area contributed by atoms with Crippen LogP contribution in [-0.4, -0.2) is 50.1 Å². The van der Waals surface area contributed by atoms with Gasteiger partial charge >= 0.3 is 0 Å². The van der Waals surface area contributed by atoms with Gasteiger partial charge in [-0.3, -0.25) is 4.79 Å². The Labute approximate surface area is 172 Å². The van der Waals surface area contributed by atoms with Gasteiger partial charge in [0.25, 0.3) is 0 Å². The van der Waals surface area contributed by atoms with Crippen molar-refractivity contribution in [3.63, 3.8) is 0 Å². The van der Waals surface area contributed by atoms with Crippen molar-refractivity contribution in [3.05, 3.63) is 59.2 Å². The van der Waals surface area contributed by atoms with Crippen LogP contribution in [0.2, 0.25) is 0 Å². The molecule has 29 heavy (non-hydrogen) atoms. The fraction of sp³-hybridized carbons (Fsp3) is 0.435. The summed E-state index contributed by atoms with van der Waals surface area (Å²) >= 11 is 0. The van der Waals surface area contributed by atoms with Crippen LogP contribution in [0.1, 0.15) is 29.2 Å². The van der Waals surface area contributed by atoms with E-state index in [1.165, 1.54) is 16.8 Å². The zero-order chi connectivity index (χ0) is 20.4. The Morgan fingerprint density at radius 3 is 2.41 bits per heavy atom. The first-order valence-electron chi connectivity index (χ1n) is 10.3. The van der Waals surface area contributed by atoms with Crippen molar-refractivity contribution in [2.24, 2.45) is 0 Å². The third kappa shape index (κ3) is 4.09. The molecule has 2 heterocycles. The molecular formula is C23H30N4O2. The number of amides is 1. The van der Waals surface area contributed by atoms with Crippen molar-refractivity contribution >= 4 is 11.6 Å². The quantitative estimate of drug-likeness (QED) is 0.835. The van der Waals surface area contributed by atoms with Gasteiger partial charge in [-0.1, -0.05) is 24.3 Å². The second kappa shape index (κ2) is 8.43. The molecule has 0 spiro atoms. The number of methoxy groups -OCH3 is 1. The normalized spacial score (nSPS) is 22.0. The third-order valence-electron chi connectivity index (χ3n) is 6.23. The van der Waals surface area contributed by atoms with E-state index in [2.05, 4.69) is 47.8 Å². The number of hydrogen-bond acceptors (Lipinski definition) is 5. The first-order valence-corrected chi connectivity index (χ1v) is 10.3. The molecule has 2 atom stereocenters. The van der Waals surface area contributed by atoms with Crippen molar-refractivity contribution < 1.29 is 9.53 Å². The van der Waals surface area contributed by atoms with E-state index < -0.39 is 0 Å². The van der Waals surface area contributed by atoms with Crippen LogP contribution >= 0.6 is 0 Å². The number of benzene rings is 2. The number of nitrogens with one attached hydrogen (secondary N) is 2. The maximum Gasteiger partial charge on any atom is 0.241 e. The second-order valence-electron chi connectivity index (χ2n) is 7.93. The van der Waals surface area contributed by atoms with Crippen LogP contribution < -0.4 is 20.5 Å². The Morgan fingerprint density at radius 1 is 1.00 bits per heavy atom. The van der Waals surface area contributed by atoms with Gasteiger partial charge in [0.15, 0.2) is 0 Å². The molecule has 6 heteroatoms. The first kappa shape index (κ1) is 19.7. The molecule has 2 aliphatic heterocycles. The summed E-state index contributed by atoms with van der Waals surface area (Å²) in [5.41, 5.74) is 11.6. The van der Waals surface area contributed by atoms with Gasteiger partial charge in [0.1, 0.15) is 11.8 Å². The largest absolute Gasteiger partial charge is 0.497 e.